The van der Waals surface area contributed by atoms with Gasteiger partial charge < -0.3 is 15.2 Å². The Balaban J connectivity index is 1.56. The molecule has 1 fully saturated rings. The van der Waals surface area contributed by atoms with Gasteiger partial charge in [-0.25, -0.2) is 13.9 Å². The molecule has 4 aromatic rings. The second kappa shape index (κ2) is 7.42. The topological polar surface area (TPSA) is 78.3 Å². The number of thiophene rings is 1. The van der Waals surface area contributed by atoms with Gasteiger partial charge in [0, 0.05) is 31.9 Å². The van der Waals surface area contributed by atoms with Crippen LogP contribution >= 0.6 is 11.3 Å². The lowest BCUT2D eigenvalue weighted by Gasteiger charge is -2.24. The predicted molar refractivity (Wildman–Crippen MR) is 121 cm³/mol. The number of carbonyl (C=O) groups excluding carboxylic acids is 1. The van der Waals surface area contributed by atoms with Gasteiger partial charge in [-0.15, -0.1) is 11.3 Å². The van der Waals surface area contributed by atoms with Crippen LogP contribution in [0.5, 0.6) is 0 Å². The van der Waals surface area contributed by atoms with E-state index in [4.69, 9.17) is 0 Å². The summed E-state index contributed by atoms with van der Waals surface area (Å²) < 4.78 is 17.0. The molecule has 5 rings (SSSR count). The van der Waals surface area contributed by atoms with E-state index in [1.54, 1.807) is 17.9 Å². The normalized spacial score (nSPS) is 19.2. The second-order valence-corrected chi connectivity index (χ2v) is 9.57. The molecule has 1 saturated heterocycles. The van der Waals surface area contributed by atoms with Crippen LogP contribution in [0.3, 0.4) is 0 Å². The number of aromatic nitrogens is 4. The van der Waals surface area contributed by atoms with E-state index in [0.29, 0.717) is 18.0 Å². The minimum Gasteiger partial charge on any atom is -0.354 e. The van der Waals surface area contributed by atoms with Crippen LogP contribution in [0.1, 0.15) is 40.6 Å². The van der Waals surface area contributed by atoms with Gasteiger partial charge in [-0.2, -0.15) is 5.10 Å². The molecular weight excluding hydrogens is 415 g/mol. The molecule has 1 aliphatic rings. The number of halogens is 1. The molecule has 0 unspecified atom stereocenters. The van der Waals surface area contributed by atoms with E-state index < -0.39 is 12.2 Å². The van der Waals surface area contributed by atoms with Gasteiger partial charge in [-0.3, -0.25) is 4.79 Å². The van der Waals surface area contributed by atoms with Crippen LogP contribution in [0.25, 0.3) is 27.1 Å². The van der Waals surface area contributed by atoms with Crippen molar-refractivity contribution >= 4 is 33.1 Å². The van der Waals surface area contributed by atoms with Crippen molar-refractivity contribution in [3.8, 4) is 11.3 Å². The average Bonchev–Trinajstić information content (AvgIpc) is 3.48. The second-order valence-electron chi connectivity index (χ2n) is 8.52. The third-order valence-electron chi connectivity index (χ3n) is 6.07. The molecule has 0 spiro atoms. The zero-order valence-electron chi connectivity index (χ0n) is 17.9. The van der Waals surface area contributed by atoms with E-state index >= 15 is 0 Å². The van der Waals surface area contributed by atoms with E-state index in [-0.39, 0.29) is 11.8 Å². The number of likely N-dealkylation sites (N-methyl/N-ethyl adjacent to an activating group) is 1. The fourth-order valence-electron chi connectivity index (χ4n) is 4.45. The first-order valence-electron chi connectivity index (χ1n) is 10.4. The van der Waals surface area contributed by atoms with Crippen molar-refractivity contribution < 1.29 is 9.18 Å². The van der Waals surface area contributed by atoms with E-state index in [0.717, 1.165) is 32.7 Å². The van der Waals surface area contributed by atoms with Crippen LogP contribution in [0.15, 0.2) is 24.7 Å². The SMILES string of the molecule is Cc1cc(-c2[nH]c3cc(C(=O)N(C)[C@H]4CNC[C@@H]4F)sc3c2C(C)C)cn2ncnc12. The number of nitrogens with zero attached hydrogens (tertiary/aromatic N) is 4. The van der Waals surface area contributed by atoms with Crippen molar-refractivity contribution in [1.82, 2.24) is 29.8 Å². The van der Waals surface area contributed by atoms with Crippen LogP contribution in [-0.2, 0) is 0 Å². The predicted octanol–water partition coefficient (Wildman–Crippen LogP) is 3.75. The molecule has 7 nitrogen and oxygen atoms in total. The number of hydrogen-bond donors (Lipinski definition) is 2. The van der Waals surface area contributed by atoms with Gasteiger partial charge in [0.1, 0.15) is 12.5 Å². The highest BCUT2D eigenvalue weighted by Gasteiger charge is 2.34. The van der Waals surface area contributed by atoms with Crippen LogP contribution in [-0.4, -0.2) is 62.7 Å². The third-order valence-corrected chi connectivity index (χ3v) is 7.23. The third kappa shape index (κ3) is 3.23. The van der Waals surface area contributed by atoms with Gasteiger partial charge >= 0.3 is 0 Å². The molecule has 0 aliphatic carbocycles. The Kier molecular flexibility index (Phi) is 4.82. The summed E-state index contributed by atoms with van der Waals surface area (Å²) in [6.07, 6.45) is 2.50. The number of amides is 1. The number of nitrogens with one attached hydrogen (secondary N) is 2. The number of alkyl halides is 1. The van der Waals surface area contributed by atoms with Crippen molar-refractivity contribution in [1.29, 1.82) is 0 Å². The van der Waals surface area contributed by atoms with Crippen molar-refractivity contribution in [2.24, 2.45) is 0 Å². The fourth-order valence-corrected chi connectivity index (χ4v) is 5.75. The Labute approximate surface area is 183 Å². The summed E-state index contributed by atoms with van der Waals surface area (Å²) in [6, 6.07) is 3.58. The standard InChI is InChI=1S/C22H25FN6OS/c1-11(2)18-19(13-5-12(3)21-25-10-26-29(21)9-13)27-15-6-17(31-20(15)18)22(30)28(4)16-8-24-7-14(16)23/h5-6,9-11,14,16,24,27H,7-8H2,1-4H3/t14-,16-/m0/s1. The Morgan fingerprint density at radius 2 is 2.16 bits per heavy atom. The quantitative estimate of drug-likeness (QED) is 0.507. The molecule has 4 aromatic heterocycles. The highest BCUT2D eigenvalue weighted by molar-refractivity contribution is 7.21. The Bertz CT molecular complexity index is 1290. The van der Waals surface area contributed by atoms with Crippen molar-refractivity contribution in [3.63, 3.8) is 0 Å². The highest BCUT2D eigenvalue weighted by atomic mass is 32.1. The van der Waals surface area contributed by atoms with E-state index in [1.807, 2.05) is 19.2 Å². The van der Waals surface area contributed by atoms with Crippen molar-refractivity contribution in [3.05, 3.63) is 40.7 Å². The molecule has 5 heterocycles. The molecule has 0 saturated carbocycles. The maximum atomic E-state index is 14.1. The van der Waals surface area contributed by atoms with E-state index in [2.05, 4.69) is 40.3 Å². The lowest BCUT2D eigenvalue weighted by atomic mass is 9.99. The maximum absolute atomic E-state index is 14.1. The smallest absolute Gasteiger partial charge is 0.264 e. The van der Waals surface area contributed by atoms with Crippen LogP contribution in [0.2, 0.25) is 0 Å². The molecule has 31 heavy (non-hydrogen) atoms. The first-order chi connectivity index (χ1) is 14.8. The number of aromatic amines is 1. The Hall–Kier alpha value is -2.78. The summed E-state index contributed by atoms with van der Waals surface area (Å²) >= 11 is 1.47. The minimum atomic E-state index is -1.04. The summed E-state index contributed by atoms with van der Waals surface area (Å²) in [5, 5.41) is 7.30. The lowest BCUT2D eigenvalue weighted by Crippen LogP contribution is -2.42. The minimum absolute atomic E-state index is 0.137. The molecule has 1 amide bonds. The molecule has 2 N–H and O–H groups in total. The monoisotopic (exact) mass is 440 g/mol. The van der Waals surface area contributed by atoms with Crippen LogP contribution in [0.4, 0.5) is 4.39 Å². The molecule has 0 bridgehead atoms. The van der Waals surface area contributed by atoms with Crippen molar-refractivity contribution in [2.75, 3.05) is 20.1 Å². The average molecular weight is 441 g/mol. The largest absolute Gasteiger partial charge is 0.354 e. The Morgan fingerprint density at radius 3 is 2.87 bits per heavy atom. The number of fused-ring (bicyclic) bond motifs is 2. The number of pyridine rings is 1. The van der Waals surface area contributed by atoms with Gasteiger partial charge in [0.15, 0.2) is 5.65 Å². The number of hydrogen-bond acceptors (Lipinski definition) is 5. The molecular formula is C22H25FN6OS. The fraction of sp³-hybridized carbons (Fsp3) is 0.409. The first kappa shape index (κ1) is 20.1. The summed E-state index contributed by atoms with van der Waals surface area (Å²) in [7, 11) is 1.69. The summed E-state index contributed by atoms with van der Waals surface area (Å²) in [6.45, 7) is 7.11. The number of rotatable bonds is 4. The van der Waals surface area contributed by atoms with Gasteiger partial charge in [-0.1, -0.05) is 13.8 Å². The number of carbonyl (C=O) groups is 1. The first-order valence-corrected chi connectivity index (χ1v) is 11.2. The zero-order chi connectivity index (χ0) is 21.9. The molecule has 162 valence electrons. The summed E-state index contributed by atoms with van der Waals surface area (Å²) in [5.74, 6) is 0.117. The highest BCUT2D eigenvalue weighted by Crippen LogP contribution is 2.40. The van der Waals surface area contributed by atoms with Gasteiger partial charge in [0.05, 0.1) is 26.8 Å². The Morgan fingerprint density at radius 1 is 1.35 bits per heavy atom. The molecule has 2 atom stereocenters. The van der Waals surface area contributed by atoms with Gasteiger partial charge in [-0.05, 0) is 36.1 Å². The molecule has 0 radical (unpaired) electrons. The summed E-state index contributed by atoms with van der Waals surface area (Å²) in [5.41, 5.74) is 6.06. The number of aryl methyl sites for hydroxylation is 1. The molecule has 0 aromatic carbocycles. The zero-order valence-corrected chi connectivity index (χ0v) is 18.8. The molecule has 9 heteroatoms. The number of H-pyrrole nitrogens is 1. The van der Waals surface area contributed by atoms with Crippen LogP contribution in [0, 0.1) is 6.92 Å². The molecule has 1 aliphatic heterocycles. The van der Waals surface area contributed by atoms with Crippen LogP contribution < -0.4 is 5.32 Å². The lowest BCUT2D eigenvalue weighted by molar-refractivity contribution is 0.0691. The maximum Gasteiger partial charge on any atom is 0.264 e. The van der Waals surface area contributed by atoms with E-state index in [1.165, 1.54) is 21.8 Å². The van der Waals surface area contributed by atoms with E-state index in [9.17, 15) is 9.18 Å². The van der Waals surface area contributed by atoms with Crippen molar-refractivity contribution in [2.45, 2.75) is 38.9 Å². The van der Waals surface area contributed by atoms with Gasteiger partial charge in [0.2, 0.25) is 0 Å². The summed E-state index contributed by atoms with van der Waals surface area (Å²) in [4.78, 5) is 23.0. The van der Waals surface area contributed by atoms with Gasteiger partial charge in [0.25, 0.3) is 5.91 Å².